The zero-order valence-corrected chi connectivity index (χ0v) is 9.60. The van der Waals surface area contributed by atoms with Crippen molar-refractivity contribution in [3.05, 3.63) is 24.0 Å². The summed E-state index contributed by atoms with van der Waals surface area (Å²) < 4.78 is 5.37. The molecule has 1 heterocycles. The van der Waals surface area contributed by atoms with Crippen molar-refractivity contribution in [1.82, 2.24) is 9.88 Å². The first-order valence-electron chi connectivity index (χ1n) is 5.11. The molecule has 1 atom stereocenters. The highest BCUT2D eigenvalue weighted by atomic mass is 16.5. The highest BCUT2D eigenvalue weighted by Gasteiger charge is 2.08. The molecule has 1 aromatic rings. The fraction of sp³-hybridized carbons (Fsp3) is 0.545. The predicted molar refractivity (Wildman–Crippen MR) is 60.9 cm³/mol. The minimum Gasteiger partial charge on any atom is -0.492 e. The Kier molecular flexibility index (Phi) is 4.52. The van der Waals surface area contributed by atoms with Crippen LogP contribution in [0.5, 0.6) is 5.75 Å². The van der Waals surface area contributed by atoms with Crippen molar-refractivity contribution in [3.8, 4) is 5.75 Å². The molecule has 0 amide bonds. The molecule has 4 nitrogen and oxygen atoms in total. The van der Waals surface area contributed by atoms with E-state index >= 15 is 0 Å². The van der Waals surface area contributed by atoms with Crippen LogP contribution in [0.3, 0.4) is 0 Å². The summed E-state index contributed by atoms with van der Waals surface area (Å²) in [4.78, 5) is 6.16. The molecule has 0 saturated carbocycles. The van der Waals surface area contributed by atoms with Gasteiger partial charge in [0.1, 0.15) is 5.75 Å². The van der Waals surface area contributed by atoms with E-state index in [4.69, 9.17) is 10.5 Å². The van der Waals surface area contributed by atoms with E-state index in [0.717, 1.165) is 17.9 Å². The maximum Gasteiger partial charge on any atom is 0.137 e. The van der Waals surface area contributed by atoms with Gasteiger partial charge in [-0.1, -0.05) is 0 Å². The van der Waals surface area contributed by atoms with Crippen molar-refractivity contribution >= 4 is 0 Å². The Balaban J connectivity index is 2.71. The second-order valence-electron chi connectivity index (χ2n) is 3.76. The zero-order valence-electron chi connectivity index (χ0n) is 9.60. The van der Waals surface area contributed by atoms with Crippen LogP contribution in [0, 0.1) is 0 Å². The second kappa shape index (κ2) is 5.68. The Bertz CT molecular complexity index is 302. The first-order chi connectivity index (χ1) is 7.13. The molecular weight excluding hydrogens is 190 g/mol. The molecule has 0 fully saturated rings. The number of hydrogen-bond donors (Lipinski definition) is 1. The Hall–Kier alpha value is -1.13. The lowest BCUT2D eigenvalue weighted by molar-refractivity contribution is 0.336. The Morgan fingerprint density at radius 3 is 2.80 bits per heavy atom. The molecule has 4 heteroatoms. The van der Waals surface area contributed by atoms with Gasteiger partial charge in [0.25, 0.3) is 0 Å². The molecule has 1 unspecified atom stereocenters. The van der Waals surface area contributed by atoms with Crippen LogP contribution < -0.4 is 10.5 Å². The first-order valence-corrected chi connectivity index (χ1v) is 5.11. The van der Waals surface area contributed by atoms with Gasteiger partial charge in [-0.25, -0.2) is 0 Å². The van der Waals surface area contributed by atoms with E-state index in [1.807, 2.05) is 27.1 Å². The molecule has 0 aromatic carbocycles. The average molecular weight is 209 g/mol. The van der Waals surface area contributed by atoms with Crippen LogP contribution in [0.4, 0.5) is 0 Å². The highest BCUT2D eigenvalue weighted by Crippen LogP contribution is 2.16. The van der Waals surface area contributed by atoms with Crippen molar-refractivity contribution in [2.24, 2.45) is 5.73 Å². The standard InChI is InChI=1S/C11H19N3O/c1-4-15-10-5-9(6-13-7-10)11(12)8-14(2)3/h5-7,11H,4,8,12H2,1-3H3. The monoisotopic (exact) mass is 209 g/mol. The van der Waals surface area contributed by atoms with Crippen molar-refractivity contribution in [2.45, 2.75) is 13.0 Å². The van der Waals surface area contributed by atoms with Crippen molar-refractivity contribution in [2.75, 3.05) is 27.2 Å². The molecule has 84 valence electrons. The summed E-state index contributed by atoms with van der Waals surface area (Å²) in [5, 5.41) is 0. The Morgan fingerprint density at radius 1 is 1.47 bits per heavy atom. The van der Waals surface area contributed by atoms with Gasteiger partial charge in [0, 0.05) is 18.8 Å². The van der Waals surface area contributed by atoms with Crippen LogP contribution in [0.2, 0.25) is 0 Å². The maximum atomic E-state index is 6.02. The van der Waals surface area contributed by atoms with E-state index in [2.05, 4.69) is 9.88 Å². The van der Waals surface area contributed by atoms with Crippen LogP contribution in [-0.4, -0.2) is 37.1 Å². The molecule has 15 heavy (non-hydrogen) atoms. The number of nitrogens with zero attached hydrogens (tertiary/aromatic N) is 2. The van der Waals surface area contributed by atoms with Gasteiger partial charge in [0.2, 0.25) is 0 Å². The molecule has 0 bridgehead atoms. The molecule has 0 radical (unpaired) electrons. The Labute approximate surface area is 91.1 Å². The van der Waals surface area contributed by atoms with Crippen LogP contribution >= 0.6 is 0 Å². The third-order valence-corrected chi connectivity index (χ3v) is 2.04. The summed E-state index contributed by atoms with van der Waals surface area (Å²) in [6.45, 7) is 3.40. The average Bonchev–Trinajstić information content (AvgIpc) is 2.17. The van der Waals surface area contributed by atoms with E-state index in [9.17, 15) is 0 Å². The molecule has 0 spiro atoms. The van der Waals surface area contributed by atoms with E-state index < -0.39 is 0 Å². The summed E-state index contributed by atoms with van der Waals surface area (Å²) in [7, 11) is 4.00. The van der Waals surface area contributed by atoms with Gasteiger partial charge in [-0.05, 0) is 32.6 Å². The lowest BCUT2D eigenvalue weighted by Crippen LogP contribution is -2.26. The first kappa shape index (κ1) is 11.9. The lowest BCUT2D eigenvalue weighted by Gasteiger charge is -2.17. The molecule has 0 aliphatic carbocycles. The predicted octanol–water partition coefficient (Wildman–Crippen LogP) is 1.04. The third kappa shape index (κ3) is 3.85. The normalized spacial score (nSPS) is 12.9. The summed E-state index contributed by atoms with van der Waals surface area (Å²) in [6.07, 6.45) is 3.49. The van der Waals surface area contributed by atoms with Crippen molar-refractivity contribution in [1.29, 1.82) is 0 Å². The molecule has 1 aromatic heterocycles. The van der Waals surface area contributed by atoms with Gasteiger partial charge < -0.3 is 15.4 Å². The number of aromatic nitrogens is 1. The van der Waals surface area contributed by atoms with Crippen LogP contribution in [0.15, 0.2) is 18.5 Å². The van der Waals surface area contributed by atoms with Crippen molar-refractivity contribution < 1.29 is 4.74 Å². The third-order valence-electron chi connectivity index (χ3n) is 2.04. The molecule has 1 rings (SSSR count). The molecule has 0 saturated heterocycles. The minimum atomic E-state index is -0.0205. The number of likely N-dealkylation sites (N-methyl/N-ethyl adjacent to an activating group) is 1. The van der Waals surface area contributed by atoms with Gasteiger partial charge in [-0.3, -0.25) is 4.98 Å². The molecule has 2 N–H and O–H groups in total. The smallest absolute Gasteiger partial charge is 0.137 e. The number of hydrogen-bond acceptors (Lipinski definition) is 4. The van der Waals surface area contributed by atoms with Gasteiger partial charge in [0.05, 0.1) is 12.8 Å². The van der Waals surface area contributed by atoms with E-state index in [1.165, 1.54) is 0 Å². The summed E-state index contributed by atoms with van der Waals surface area (Å²) in [5.74, 6) is 0.782. The summed E-state index contributed by atoms with van der Waals surface area (Å²) >= 11 is 0. The van der Waals surface area contributed by atoms with E-state index in [-0.39, 0.29) is 6.04 Å². The van der Waals surface area contributed by atoms with Crippen LogP contribution in [0.25, 0.3) is 0 Å². The fourth-order valence-corrected chi connectivity index (χ4v) is 1.38. The summed E-state index contributed by atoms with van der Waals surface area (Å²) in [5.41, 5.74) is 7.03. The number of pyridine rings is 1. The largest absolute Gasteiger partial charge is 0.492 e. The van der Waals surface area contributed by atoms with Gasteiger partial charge in [-0.15, -0.1) is 0 Å². The SMILES string of the molecule is CCOc1cncc(C(N)CN(C)C)c1. The highest BCUT2D eigenvalue weighted by molar-refractivity contribution is 5.25. The van der Waals surface area contributed by atoms with Crippen molar-refractivity contribution in [3.63, 3.8) is 0 Å². The lowest BCUT2D eigenvalue weighted by atomic mass is 10.1. The zero-order chi connectivity index (χ0) is 11.3. The van der Waals surface area contributed by atoms with Crippen LogP contribution in [-0.2, 0) is 0 Å². The molecule has 0 aliphatic heterocycles. The molecule has 0 aliphatic rings. The topological polar surface area (TPSA) is 51.4 Å². The quantitative estimate of drug-likeness (QED) is 0.787. The van der Waals surface area contributed by atoms with E-state index in [1.54, 1.807) is 12.4 Å². The maximum absolute atomic E-state index is 6.02. The minimum absolute atomic E-state index is 0.0205. The fourth-order valence-electron chi connectivity index (χ4n) is 1.38. The van der Waals surface area contributed by atoms with Gasteiger partial charge >= 0.3 is 0 Å². The number of ether oxygens (including phenoxy) is 1. The van der Waals surface area contributed by atoms with Gasteiger partial charge in [0.15, 0.2) is 0 Å². The number of nitrogens with two attached hydrogens (primary N) is 1. The second-order valence-corrected chi connectivity index (χ2v) is 3.76. The van der Waals surface area contributed by atoms with Crippen LogP contribution in [0.1, 0.15) is 18.5 Å². The van der Waals surface area contributed by atoms with Gasteiger partial charge in [-0.2, -0.15) is 0 Å². The Morgan fingerprint density at radius 2 is 2.20 bits per heavy atom. The molecular formula is C11H19N3O. The summed E-state index contributed by atoms with van der Waals surface area (Å²) in [6, 6.07) is 1.93. The van der Waals surface area contributed by atoms with E-state index in [0.29, 0.717) is 6.61 Å². The number of rotatable bonds is 5.